The van der Waals surface area contributed by atoms with Gasteiger partial charge in [-0.15, -0.1) is 0 Å². The monoisotopic (exact) mass is 213 g/mol. The maximum Gasteiger partial charge on any atom is 0.0994 e. The molecule has 0 atom stereocenters. The Morgan fingerprint density at radius 1 is 1.44 bits per heavy atom. The molecule has 0 spiro atoms. The highest BCUT2D eigenvalue weighted by atomic mass is 14.2. The Kier molecular flexibility index (Phi) is 6.63. The summed E-state index contributed by atoms with van der Waals surface area (Å²) in [5.41, 5.74) is 3.44. The van der Waals surface area contributed by atoms with E-state index < -0.39 is 0 Å². The van der Waals surface area contributed by atoms with Crippen LogP contribution in [-0.4, -0.2) is 0 Å². The van der Waals surface area contributed by atoms with Crippen molar-refractivity contribution < 1.29 is 0 Å². The third-order valence-corrected chi connectivity index (χ3v) is 2.08. The molecule has 0 amide bonds. The number of nitriles is 1. The van der Waals surface area contributed by atoms with E-state index in [9.17, 15) is 0 Å². The Labute approximate surface area is 98.8 Å². The van der Waals surface area contributed by atoms with E-state index >= 15 is 0 Å². The number of hydrogen-bond donors (Lipinski definition) is 0. The molecule has 1 aliphatic carbocycles. The molecule has 84 valence electrons. The van der Waals surface area contributed by atoms with Gasteiger partial charge >= 0.3 is 0 Å². The lowest BCUT2D eigenvalue weighted by Gasteiger charge is -2.02. The summed E-state index contributed by atoms with van der Waals surface area (Å²) in [4.78, 5) is 0. The third-order valence-electron chi connectivity index (χ3n) is 2.08. The van der Waals surface area contributed by atoms with Crippen LogP contribution < -0.4 is 0 Å². The molecule has 0 saturated carbocycles. The van der Waals surface area contributed by atoms with E-state index in [0.29, 0.717) is 5.57 Å². The van der Waals surface area contributed by atoms with Crippen molar-refractivity contribution in [3.05, 3.63) is 59.8 Å². The minimum atomic E-state index is 0.600. The molecule has 1 aliphatic rings. The highest BCUT2D eigenvalue weighted by Gasteiger charge is 2.03. The number of hydrogen-bond acceptors (Lipinski definition) is 1. The minimum Gasteiger partial charge on any atom is -0.192 e. The van der Waals surface area contributed by atoms with Gasteiger partial charge in [-0.1, -0.05) is 45.2 Å². The van der Waals surface area contributed by atoms with E-state index in [0.717, 1.165) is 17.6 Å². The Balaban J connectivity index is 0.00000106. The quantitative estimate of drug-likeness (QED) is 0.501. The number of rotatable bonds is 3. The van der Waals surface area contributed by atoms with Gasteiger partial charge in [-0.25, -0.2) is 0 Å². The van der Waals surface area contributed by atoms with E-state index in [2.05, 4.69) is 25.3 Å². The summed E-state index contributed by atoms with van der Waals surface area (Å²) in [6.07, 6.45) is 8.79. The molecular formula is C15H19N. The summed E-state index contributed by atoms with van der Waals surface area (Å²) < 4.78 is 0. The maximum absolute atomic E-state index is 8.83. The van der Waals surface area contributed by atoms with Gasteiger partial charge in [-0.05, 0) is 36.1 Å². The lowest BCUT2D eigenvalue weighted by atomic mass is 10.0. The molecule has 1 nitrogen and oxygen atoms in total. The van der Waals surface area contributed by atoms with Crippen LogP contribution in [0.4, 0.5) is 0 Å². The van der Waals surface area contributed by atoms with E-state index in [-0.39, 0.29) is 0 Å². The predicted molar refractivity (Wildman–Crippen MR) is 70.8 cm³/mol. The Morgan fingerprint density at radius 3 is 2.44 bits per heavy atom. The molecule has 0 unspecified atom stereocenters. The molecule has 0 fully saturated rings. The van der Waals surface area contributed by atoms with Gasteiger partial charge in [0.05, 0.1) is 11.6 Å². The molecule has 0 radical (unpaired) electrons. The molecular weight excluding hydrogens is 194 g/mol. The summed E-state index contributed by atoms with van der Waals surface area (Å²) in [5.74, 6) is 0. The SMILES string of the molecule is C=C(/C=C(/C#N)C(=C)C)C1=CC=CC1.CC. The van der Waals surface area contributed by atoms with Gasteiger partial charge in [-0.3, -0.25) is 0 Å². The van der Waals surface area contributed by atoms with Crippen LogP contribution in [0.5, 0.6) is 0 Å². The Morgan fingerprint density at radius 2 is 2.06 bits per heavy atom. The number of nitrogens with zero attached hydrogens (tertiary/aromatic N) is 1. The molecule has 0 aliphatic heterocycles. The van der Waals surface area contributed by atoms with Crippen molar-refractivity contribution in [1.82, 2.24) is 0 Å². The first-order valence-electron chi connectivity index (χ1n) is 5.48. The second kappa shape index (κ2) is 7.48. The van der Waals surface area contributed by atoms with Gasteiger partial charge < -0.3 is 0 Å². The average Bonchev–Trinajstić information content (AvgIpc) is 2.81. The van der Waals surface area contributed by atoms with Gasteiger partial charge in [-0.2, -0.15) is 5.26 Å². The van der Waals surface area contributed by atoms with Gasteiger partial charge in [0.15, 0.2) is 0 Å². The molecule has 0 N–H and O–H groups in total. The van der Waals surface area contributed by atoms with E-state index in [1.807, 2.05) is 32.9 Å². The van der Waals surface area contributed by atoms with Gasteiger partial charge in [0.25, 0.3) is 0 Å². The lowest BCUT2D eigenvalue weighted by molar-refractivity contribution is 1.28. The Hall–Kier alpha value is -1.81. The van der Waals surface area contributed by atoms with Crippen molar-refractivity contribution in [2.75, 3.05) is 0 Å². The van der Waals surface area contributed by atoms with E-state index in [4.69, 9.17) is 5.26 Å². The largest absolute Gasteiger partial charge is 0.192 e. The molecule has 1 rings (SSSR count). The second-order valence-electron chi connectivity index (χ2n) is 3.30. The van der Waals surface area contributed by atoms with Crippen molar-refractivity contribution in [3.8, 4) is 6.07 Å². The zero-order chi connectivity index (χ0) is 12.6. The van der Waals surface area contributed by atoms with Crippen LogP contribution in [-0.2, 0) is 0 Å². The Bertz CT molecular complexity index is 398. The molecule has 0 bridgehead atoms. The van der Waals surface area contributed by atoms with Crippen molar-refractivity contribution in [1.29, 1.82) is 5.26 Å². The average molecular weight is 213 g/mol. The highest BCUT2D eigenvalue weighted by molar-refractivity contribution is 5.51. The zero-order valence-corrected chi connectivity index (χ0v) is 10.4. The van der Waals surface area contributed by atoms with Crippen molar-refractivity contribution >= 4 is 0 Å². The lowest BCUT2D eigenvalue weighted by Crippen LogP contribution is -1.85. The summed E-state index contributed by atoms with van der Waals surface area (Å²) in [6.45, 7) is 13.5. The fourth-order valence-electron chi connectivity index (χ4n) is 1.20. The fraction of sp³-hybridized carbons (Fsp3) is 0.267. The van der Waals surface area contributed by atoms with Crippen LogP contribution in [0.25, 0.3) is 0 Å². The highest BCUT2D eigenvalue weighted by Crippen LogP contribution is 2.21. The van der Waals surface area contributed by atoms with E-state index in [1.54, 1.807) is 6.08 Å². The number of allylic oxidation sites excluding steroid dienone is 8. The van der Waals surface area contributed by atoms with Crippen molar-refractivity contribution in [2.45, 2.75) is 27.2 Å². The summed E-state index contributed by atoms with van der Waals surface area (Å²) in [5, 5.41) is 8.83. The first kappa shape index (κ1) is 14.2. The van der Waals surface area contributed by atoms with Crippen LogP contribution in [0, 0.1) is 11.3 Å². The normalized spacial score (nSPS) is 13.4. The molecule has 16 heavy (non-hydrogen) atoms. The fourth-order valence-corrected chi connectivity index (χ4v) is 1.20. The van der Waals surface area contributed by atoms with Crippen LogP contribution in [0.3, 0.4) is 0 Å². The summed E-state index contributed by atoms with van der Waals surface area (Å²) >= 11 is 0. The smallest absolute Gasteiger partial charge is 0.0994 e. The molecule has 0 aromatic carbocycles. The minimum absolute atomic E-state index is 0.600. The van der Waals surface area contributed by atoms with Crippen LogP contribution >= 0.6 is 0 Å². The summed E-state index contributed by atoms with van der Waals surface area (Å²) in [6, 6.07) is 2.11. The first-order chi connectivity index (χ1) is 7.65. The molecule has 0 saturated heterocycles. The maximum atomic E-state index is 8.83. The zero-order valence-electron chi connectivity index (χ0n) is 10.4. The molecule has 0 aromatic heterocycles. The summed E-state index contributed by atoms with van der Waals surface area (Å²) in [7, 11) is 0. The van der Waals surface area contributed by atoms with Crippen molar-refractivity contribution in [2.24, 2.45) is 0 Å². The van der Waals surface area contributed by atoms with Gasteiger partial charge in [0.2, 0.25) is 0 Å². The van der Waals surface area contributed by atoms with Crippen LogP contribution in [0.15, 0.2) is 59.8 Å². The molecule has 1 heteroatoms. The van der Waals surface area contributed by atoms with Gasteiger partial charge in [0, 0.05) is 0 Å². The van der Waals surface area contributed by atoms with Crippen LogP contribution in [0.2, 0.25) is 0 Å². The molecule has 0 aromatic rings. The first-order valence-corrected chi connectivity index (χ1v) is 5.48. The van der Waals surface area contributed by atoms with Gasteiger partial charge in [0.1, 0.15) is 0 Å². The third kappa shape index (κ3) is 4.14. The topological polar surface area (TPSA) is 23.8 Å². The second-order valence-corrected chi connectivity index (χ2v) is 3.30. The van der Waals surface area contributed by atoms with Crippen LogP contribution in [0.1, 0.15) is 27.2 Å². The standard InChI is InChI=1S/C13H13N.C2H6/c1-10(2)13(9-14)8-11(3)12-6-4-5-7-12;1-2/h4-6,8H,1,3,7H2,2H3;1-2H3/b13-8-;. The molecule has 0 heterocycles. The predicted octanol–water partition coefficient (Wildman–Crippen LogP) is 4.48. The van der Waals surface area contributed by atoms with E-state index in [1.165, 1.54) is 5.57 Å². The van der Waals surface area contributed by atoms with Crippen molar-refractivity contribution in [3.63, 3.8) is 0 Å².